The zero-order chi connectivity index (χ0) is 15.5. The van der Waals surface area contributed by atoms with Crippen LogP contribution >= 0.6 is 11.6 Å². The Labute approximate surface area is 119 Å². The van der Waals surface area contributed by atoms with Crippen LogP contribution in [0.2, 0.25) is 5.02 Å². The molecule has 1 N–H and O–H groups in total. The quantitative estimate of drug-likeness (QED) is 0.909. The van der Waals surface area contributed by atoms with Gasteiger partial charge < -0.3 is 10.0 Å². The van der Waals surface area contributed by atoms with Gasteiger partial charge >= 0.3 is 11.9 Å². The van der Waals surface area contributed by atoms with E-state index < -0.39 is 29.3 Å². The Hall–Kier alpha value is -1.69. The van der Waals surface area contributed by atoms with Gasteiger partial charge in [0.1, 0.15) is 0 Å². The normalized spacial score (nSPS) is 12.8. The molecule has 0 aromatic heterocycles. The lowest BCUT2D eigenvalue weighted by Gasteiger charge is -2.25. The van der Waals surface area contributed by atoms with E-state index >= 15 is 0 Å². The Bertz CT molecular complexity index is 522. The lowest BCUT2D eigenvalue weighted by atomic mass is 10.1. The van der Waals surface area contributed by atoms with Crippen LogP contribution in [0, 0.1) is 5.92 Å². The maximum atomic E-state index is 14.0. The average molecular weight is 306 g/mol. The molecular formula is C13H14ClF2NO3. The number of carboxylic acid groups (broad SMARTS) is 1. The van der Waals surface area contributed by atoms with Crippen molar-refractivity contribution >= 4 is 23.5 Å². The summed E-state index contributed by atoms with van der Waals surface area (Å²) in [5.74, 6) is -7.31. The third kappa shape index (κ3) is 3.66. The van der Waals surface area contributed by atoms with Crippen molar-refractivity contribution in [1.82, 2.24) is 4.90 Å². The van der Waals surface area contributed by atoms with Crippen molar-refractivity contribution in [3.63, 3.8) is 0 Å². The number of carbonyl (C=O) groups excluding carboxylic acids is 1. The van der Waals surface area contributed by atoms with E-state index in [0.29, 0.717) is 4.90 Å². The third-order valence-electron chi connectivity index (χ3n) is 2.77. The van der Waals surface area contributed by atoms with Crippen LogP contribution in [0.3, 0.4) is 0 Å². The number of rotatable bonds is 5. The molecule has 0 aliphatic heterocycles. The molecule has 1 atom stereocenters. The highest BCUT2D eigenvalue weighted by molar-refractivity contribution is 6.30. The highest BCUT2D eigenvalue weighted by atomic mass is 35.5. The Kier molecular flexibility index (Phi) is 5.05. The monoisotopic (exact) mass is 305 g/mol. The Balaban J connectivity index is 2.91. The summed E-state index contributed by atoms with van der Waals surface area (Å²) in [4.78, 5) is 23.2. The van der Waals surface area contributed by atoms with Crippen LogP contribution in [0.5, 0.6) is 0 Å². The van der Waals surface area contributed by atoms with Gasteiger partial charge in [-0.1, -0.05) is 30.7 Å². The molecule has 1 aromatic rings. The van der Waals surface area contributed by atoms with Gasteiger partial charge in [0.15, 0.2) is 0 Å². The second kappa shape index (κ2) is 6.17. The van der Waals surface area contributed by atoms with E-state index in [-0.39, 0.29) is 11.6 Å². The summed E-state index contributed by atoms with van der Waals surface area (Å²) >= 11 is 5.63. The van der Waals surface area contributed by atoms with Crippen LogP contribution < -0.4 is 0 Å². The van der Waals surface area contributed by atoms with E-state index in [1.54, 1.807) is 0 Å². The van der Waals surface area contributed by atoms with Gasteiger partial charge in [0.05, 0.1) is 5.92 Å². The second-order valence-electron chi connectivity index (χ2n) is 4.51. The highest BCUT2D eigenvalue weighted by Crippen LogP contribution is 2.31. The molecule has 1 rings (SSSR count). The molecule has 1 amide bonds. The molecule has 1 aromatic carbocycles. The Morgan fingerprint density at radius 2 is 2.05 bits per heavy atom. The minimum absolute atomic E-state index is 0.0940. The number of hydrogen-bond acceptors (Lipinski definition) is 2. The maximum absolute atomic E-state index is 14.0. The fourth-order valence-corrected chi connectivity index (χ4v) is 1.81. The zero-order valence-electron chi connectivity index (χ0n) is 10.9. The van der Waals surface area contributed by atoms with E-state index in [9.17, 15) is 18.4 Å². The Morgan fingerprint density at radius 1 is 1.45 bits per heavy atom. The lowest BCUT2D eigenvalue weighted by Crippen LogP contribution is -2.42. The molecule has 7 heteroatoms. The average Bonchev–Trinajstić information content (AvgIpc) is 2.37. The van der Waals surface area contributed by atoms with Crippen molar-refractivity contribution in [2.75, 3.05) is 13.6 Å². The van der Waals surface area contributed by atoms with Gasteiger partial charge in [-0.15, -0.1) is 0 Å². The van der Waals surface area contributed by atoms with Crippen molar-refractivity contribution < 1.29 is 23.5 Å². The van der Waals surface area contributed by atoms with Crippen LogP contribution in [0.25, 0.3) is 0 Å². The molecule has 0 fully saturated rings. The molecule has 0 saturated carbocycles. The predicted octanol–water partition coefficient (Wildman–Crippen LogP) is 2.61. The summed E-state index contributed by atoms with van der Waals surface area (Å²) < 4.78 is 28.1. The van der Waals surface area contributed by atoms with Crippen molar-refractivity contribution in [2.24, 2.45) is 5.92 Å². The minimum atomic E-state index is -3.75. The molecule has 4 nitrogen and oxygen atoms in total. The topological polar surface area (TPSA) is 57.6 Å². The SMILES string of the molecule is CC(CN(C)C(=O)C(F)(F)c1cccc(Cl)c1)C(=O)O. The predicted molar refractivity (Wildman–Crippen MR) is 69.8 cm³/mol. The molecule has 0 aliphatic rings. The van der Waals surface area contributed by atoms with Gasteiger partial charge in [-0.05, 0) is 12.1 Å². The first-order valence-electron chi connectivity index (χ1n) is 5.78. The summed E-state index contributed by atoms with van der Waals surface area (Å²) in [6.45, 7) is 1.04. The number of hydrogen-bond donors (Lipinski definition) is 1. The van der Waals surface area contributed by atoms with Crippen LogP contribution in [0.15, 0.2) is 24.3 Å². The maximum Gasteiger partial charge on any atom is 0.350 e. The fourth-order valence-electron chi connectivity index (χ4n) is 1.62. The first kappa shape index (κ1) is 16.4. The second-order valence-corrected chi connectivity index (χ2v) is 4.95. The van der Waals surface area contributed by atoms with Crippen LogP contribution in [-0.4, -0.2) is 35.5 Å². The number of carboxylic acids is 1. The first-order valence-corrected chi connectivity index (χ1v) is 6.16. The molecule has 0 saturated heterocycles. The van der Waals surface area contributed by atoms with E-state index in [4.69, 9.17) is 16.7 Å². The number of halogens is 3. The molecule has 0 radical (unpaired) electrons. The molecule has 110 valence electrons. The minimum Gasteiger partial charge on any atom is -0.481 e. The van der Waals surface area contributed by atoms with Gasteiger partial charge in [-0.25, -0.2) is 0 Å². The van der Waals surface area contributed by atoms with Crippen molar-refractivity contribution in [1.29, 1.82) is 0 Å². The van der Waals surface area contributed by atoms with Crippen LogP contribution in [0.4, 0.5) is 8.78 Å². The number of alkyl halides is 2. The van der Waals surface area contributed by atoms with E-state index in [1.807, 2.05) is 0 Å². The molecular weight excluding hydrogens is 292 g/mol. The first-order chi connectivity index (χ1) is 9.16. The molecule has 0 bridgehead atoms. The molecule has 1 unspecified atom stereocenters. The van der Waals surface area contributed by atoms with Crippen LogP contribution in [-0.2, 0) is 15.5 Å². The van der Waals surface area contributed by atoms with Crippen molar-refractivity contribution in [2.45, 2.75) is 12.8 Å². The van der Waals surface area contributed by atoms with Gasteiger partial charge in [0.2, 0.25) is 0 Å². The largest absolute Gasteiger partial charge is 0.481 e. The zero-order valence-corrected chi connectivity index (χ0v) is 11.7. The van der Waals surface area contributed by atoms with Gasteiger partial charge in [0.25, 0.3) is 5.91 Å². The number of benzene rings is 1. The fraction of sp³-hybridized carbons (Fsp3) is 0.385. The third-order valence-corrected chi connectivity index (χ3v) is 3.01. The van der Waals surface area contributed by atoms with Crippen molar-refractivity contribution in [3.05, 3.63) is 34.9 Å². The van der Waals surface area contributed by atoms with Gasteiger partial charge in [0, 0.05) is 24.2 Å². The highest BCUT2D eigenvalue weighted by Gasteiger charge is 2.43. The number of likely N-dealkylation sites (N-methyl/N-ethyl adjacent to an activating group) is 1. The molecule has 0 heterocycles. The molecule has 0 spiro atoms. The Morgan fingerprint density at radius 3 is 2.55 bits per heavy atom. The standard InChI is InChI=1S/C13H14ClF2NO3/c1-8(11(18)19)7-17(2)12(20)13(15,16)9-4-3-5-10(14)6-9/h3-6,8H,7H2,1-2H3,(H,18,19). The number of carbonyl (C=O) groups is 2. The number of aliphatic carboxylic acids is 1. The number of amides is 1. The smallest absolute Gasteiger partial charge is 0.350 e. The van der Waals surface area contributed by atoms with Gasteiger partial charge in [-0.2, -0.15) is 8.78 Å². The summed E-state index contributed by atoms with van der Waals surface area (Å²) in [6.07, 6.45) is 0. The van der Waals surface area contributed by atoms with Crippen molar-refractivity contribution in [3.8, 4) is 0 Å². The summed E-state index contributed by atoms with van der Waals surface area (Å²) in [5, 5.41) is 8.82. The van der Waals surface area contributed by atoms with Gasteiger partial charge in [-0.3, -0.25) is 9.59 Å². The van der Waals surface area contributed by atoms with Crippen LogP contribution in [0.1, 0.15) is 12.5 Å². The molecule has 0 aliphatic carbocycles. The molecule has 20 heavy (non-hydrogen) atoms. The summed E-state index contributed by atoms with van der Waals surface area (Å²) in [5.41, 5.74) is -0.523. The van der Waals surface area contributed by atoms with E-state index in [0.717, 1.165) is 19.2 Å². The lowest BCUT2D eigenvalue weighted by molar-refractivity contribution is -0.159. The van der Waals surface area contributed by atoms with E-state index in [1.165, 1.54) is 19.1 Å². The summed E-state index contributed by atoms with van der Waals surface area (Å²) in [6, 6.07) is 4.84. The summed E-state index contributed by atoms with van der Waals surface area (Å²) in [7, 11) is 1.14. The van der Waals surface area contributed by atoms with E-state index in [2.05, 4.69) is 0 Å². The number of nitrogens with zero attached hydrogens (tertiary/aromatic N) is 1.